The molecule has 1 heterocycles. The van der Waals surface area contributed by atoms with Gasteiger partial charge in [-0.25, -0.2) is 9.59 Å². The highest BCUT2D eigenvalue weighted by molar-refractivity contribution is 5.74. The third-order valence-electron chi connectivity index (χ3n) is 2.95. The van der Waals surface area contributed by atoms with Crippen LogP contribution < -0.4 is 5.32 Å². The van der Waals surface area contributed by atoms with Crippen LogP contribution in [0.5, 0.6) is 0 Å². The van der Waals surface area contributed by atoms with E-state index in [0.29, 0.717) is 6.54 Å². The summed E-state index contributed by atoms with van der Waals surface area (Å²) in [6.45, 7) is 6.76. The molecule has 1 saturated heterocycles. The second-order valence-electron chi connectivity index (χ2n) is 4.51. The Balaban J connectivity index is 2.09. The number of ether oxygens (including phenoxy) is 1. The van der Waals surface area contributed by atoms with Crippen LogP contribution in [0.3, 0.4) is 0 Å². The van der Waals surface area contributed by atoms with Crippen LogP contribution in [0.25, 0.3) is 0 Å². The fourth-order valence-electron chi connectivity index (χ4n) is 1.99. The van der Waals surface area contributed by atoms with Gasteiger partial charge in [-0.2, -0.15) is 0 Å². The number of hydrogen-bond acceptors (Lipinski definition) is 4. The Morgan fingerprint density at radius 1 is 1.26 bits per heavy atom. The largest absolute Gasteiger partial charge is 0.480 e. The molecule has 7 heteroatoms. The van der Waals surface area contributed by atoms with E-state index in [9.17, 15) is 9.59 Å². The van der Waals surface area contributed by atoms with Crippen LogP contribution in [-0.4, -0.2) is 79.4 Å². The van der Waals surface area contributed by atoms with E-state index < -0.39 is 5.97 Å². The predicted octanol–water partition coefficient (Wildman–Crippen LogP) is -0.175. The zero-order valence-corrected chi connectivity index (χ0v) is 11.4. The summed E-state index contributed by atoms with van der Waals surface area (Å²) in [6, 6.07) is -0.102. The highest BCUT2D eigenvalue weighted by Gasteiger charge is 2.19. The van der Waals surface area contributed by atoms with Crippen molar-refractivity contribution in [1.29, 1.82) is 0 Å². The van der Waals surface area contributed by atoms with Crippen LogP contribution in [0.4, 0.5) is 4.79 Å². The number of rotatable bonds is 7. The van der Waals surface area contributed by atoms with Crippen LogP contribution in [0, 0.1) is 0 Å². The number of nitrogens with zero attached hydrogens (tertiary/aromatic N) is 2. The Hall–Kier alpha value is -1.34. The Kier molecular flexibility index (Phi) is 7.20. The molecule has 0 saturated carbocycles. The molecule has 0 bridgehead atoms. The summed E-state index contributed by atoms with van der Waals surface area (Å²) in [5.41, 5.74) is 0. The van der Waals surface area contributed by atoms with E-state index >= 15 is 0 Å². The van der Waals surface area contributed by atoms with Gasteiger partial charge >= 0.3 is 12.0 Å². The third-order valence-corrected chi connectivity index (χ3v) is 2.95. The van der Waals surface area contributed by atoms with Gasteiger partial charge in [-0.1, -0.05) is 6.92 Å². The van der Waals surface area contributed by atoms with Crippen molar-refractivity contribution in [3.8, 4) is 0 Å². The van der Waals surface area contributed by atoms with Gasteiger partial charge in [0.2, 0.25) is 0 Å². The van der Waals surface area contributed by atoms with Gasteiger partial charge in [0, 0.05) is 32.7 Å². The number of urea groups is 1. The molecule has 0 aromatic rings. The first-order valence-electron chi connectivity index (χ1n) is 6.68. The summed E-state index contributed by atoms with van der Waals surface area (Å²) < 4.78 is 4.84. The molecule has 0 aliphatic carbocycles. The number of carboxylic acid groups (broad SMARTS) is 1. The smallest absolute Gasteiger partial charge is 0.329 e. The summed E-state index contributed by atoms with van der Waals surface area (Å²) in [4.78, 5) is 26.1. The molecule has 1 aliphatic heterocycles. The van der Waals surface area contributed by atoms with Gasteiger partial charge in [0.1, 0.15) is 6.61 Å². The minimum Gasteiger partial charge on any atom is -0.480 e. The maximum atomic E-state index is 11.8. The summed E-state index contributed by atoms with van der Waals surface area (Å²) in [5, 5.41) is 11.1. The van der Waals surface area contributed by atoms with E-state index in [1.807, 2.05) is 0 Å². The summed E-state index contributed by atoms with van der Waals surface area (Å²) in [5.74, 6) is -1.00. The molecule has 19 heavy (non-hydrogen) atoms. The Bertz CT molecular complexity index is 291. The molecule has 1 rings (SSSR count). The average Bonchev–Trinajstić information content (AvgIpc) is 2.39. The molecule has 110 valence electrons. The Morgan fingerprint density at radius 3 is 2.53 bits per heavy atom. The van der Waals surface area contributed by atoms with E-state index in [-0.39, 0.29) is 19.2 Å². The molecule has 0 radical (unpaired) electrons. The van der Waals surface area contributed by atoms with E-state index in [1.165, 1.54) is 0 Å². The first-order chi connectivity index (χ1) is 9.13. The van der Waals surface area contributed by atoms with Gasteiger partial charge in [-0.3, -0.25) is 4.90 Å². The van der Waals surface area contributed by atoms with E-state index in [2.05, 4.69) is 17.1 Å². The average molecular weight is 273 g/mol. The zero-order valence-electron chi connectivity index (χ0n) is 11.4. The summed E-state index contributed by atoms with van der Waals surface area (Å²) >= 11 is 0. The standard InChI is InChI=1S/C12H23N3O4/c1-2-4-14-5-7-15(8-6-14)12(18)13-3-9-19-10-11(16)17/h2-10H2,1H3,(H,13,18)(H,16,17). The number of aliphatic carboxylic acids is 1. The first-order valence-corrected chi connectivity index (χ1v) is 6.68. The normalized spacial score (nSPS) is 16.4. The van der Waals surface area contributed by atoms with Crippen molar-refractivity contribution in [2.45, 2.75) is 13.3 Å². The fourth-order valence-corrected chi connectivity index (χ4v) is 1.99. The molecular formula is C12H23N3O4. The molecule has 0 spiro atoms. The van der Waals surface area contributed by atoms with Crippen molar-refractivity contribution in [3.05, 3.63) is 0 Å². The fraction of sp³-hybridized carbons (Fsp3) is 0.833. The van der Waals surface area contributed by atoms with Crippen LogP contribution in [0.1, 0.15) is 13.3 Å². The second kappa shape index (κ2) is 8.71. The zero-order chi connectivity index (χ0) is 14.1. The van der Waals surface area contributed by atoms with Gasteiger partial charge in [-0.15, -0.1) is 0 Å². The molecule has 2 N–H and O–H groups in total. The highest BCUT2D eigenvalue weighted by Crippen LogP contribution is 2.02. The molecule has 1 aliphatic rings. The van der Waals surface area contributed by atoms with Crippen molar-refractivity contribution in [2.24, 2.45) is 0 Å². The molecule has 0 unspecified atom stereocenters. The number of amides is 2. The summed E-state index contributed by atoms with van der Waals surface area (Å²) in [7, 11) is 0. The predicted molar refractivity (Wildman–Crippen MR) is 70.2 cm³/mol. The van der Waals surface area contributed by atoms with Crippen molar-refractivity contribution in [2.75, 3.05) is 52.5 Å². The molecule has 0 atom stereocenters. The molecule has 0 aromatic carbocycles. The second-order valence-corrected chi connectivity index (χ2v) is 4.51. The molecule has 7 nitrogen and oxygen atoms in total. The van der Waals surface area contributed by atoms with Crippen molar-refractivity contribution in [1.82, 2.24) is 15.1 Å². The number of hydrogen-bond donors (Lipinski definition) is 2. The maximum absolute atomic E-state index is 11.8. The van der Waals surface area contributed by atoms with Gasteiger partial charge in [0.25, 0.3) is 0 Å². The number of piperazine rings is 1. The van der Waals surface area contributed by atoms with E-state index in [0.717, 1.165) is 39.1 Å². The van der Waals surface area contributed by atoms with E-state index in [1.54, 1.807) is 4.90 Å². The minimum absolute atomic E-state index is 0.102. The highest BCUT2D eigenvalue weighted by atomic mass is 16.5. The lowest BCUT2D eigenvalue weighted by Gasteiger charge is -2.34. The maximum Gasteiger partial charge on any atom is 0.329 e. The number of carbonyl (C=O) groups is 2. The monoisotopic (exact) mass is 273 g/mol. The molecule has 1 fully saturated rings. The number of carbonyl (C=O) groups excluding carboxylic acids is 1. The summed E-state index contributed by atoms with van der Waals surface area (Å²) in [6.07, 6.45) is 1.13. The van der Waals surface area contributed by atoms with Crippen molar-refractivity contribution >= 4 is 12.0 Å². The molecule has 0 aromatic heterocycles. The van der Waals surface area contributed by atoms with Gasteiger partial charge in [0.15, 0.2) is 0 Å². The van der Waals surface area contributed by atoms with Crippen LogP contribution >= 0.6 is 0 Å². The molecular weight excluding hydrogens is 250 g/mol. The van der Waals surface area contributed by atoms with E-state index in [4.69, 9.17) is 9.84 Å². The molecule has 2 amide bonds. The van der Waals surface area contributed by atoms with Crippen molar-refractivity contribution in [3.63, 3.8) is 0 Å². The van der Waals surface area contributed by atoms with Crippen LogP contribution in [0.15, 0.2) is 0 Å². The van der Waals surface area contributed by atoms with Gasteiger partial charge in [-0.05, 0) is 13.0 Å². The lowest BCUT2D eigenvalue weighted by atomic mass is 10.3. The minimum atomic E-state index is -1.00. The van der Waals surface area contributed by atoms with Crippen LogP contribution in [0.2, 0.25) is 0 Å². The van der Waals surface area contributed by atoms with Crippen molar-refractivity contribution < 1.29 is 19.4 Å². The quantitative estimate of drug-likeness (QED) is 0.629. The lowest BCUT2D eigenvalue weighted by molar-refractivity contribution is -0.142. The Labute approximate surface area is 113 Å². The van der Waals surface area contributed by atoms with Gasteiger partial charge in [0.05, 0.1) is 6.61 Å². The SMILES string of the molecule is CCCN1CCN(C(=O)NCCOCC(=O)O)CC1. The first kappa shape index (κ1) is 15.7. The van der Waals surface area contributed by atoms with Gasteiger partial charge < -0.3 is 20.1 Å². The Morgan fingerprint density at radius 2 is 1.95 bits per heavy atom. The topological polar surface area (TPSA) is 82.1 Å². The number of nitrogens with one attached hydrogen (secondary N) is 1. The number of carboxylic acids is 1. The van der Waals surface area contributed by atoms with Crippen LogP contribution in [-0.2, 0) is 9.53 Å². The third kappa shape index (κ3) is 6.40. The lowest BCUT2D eigenvalue weighted by Crippen LogP contribution is -2.52.